The van der Waals surface area contributed by atoms with Crippen molar-refractivity contribution in [1.29, 1.82) is 0 Å². The van der Waals surface area contributed by atoms with Gasteiger partial charge < -0.3 is 10.0 Å². The Morgan fingerprint density at radius 3 is 2.08 bits per heavy atom. The summed E-state index contributed by atoms with van der Waals surface area (Å²) in [5, 5.41) is 7.42. The molecule has 80 valence electrons. The number of carbonyl (C=O) groups is 1. The first-order valence-corrected chi connectivity index (χ1v) is 4.77. The molecule has 0 aliphatic heterocycles. The highest BCUT2D eigenvalue weighted by atomic mass is 16.4. The van der Waals surface area contributed by atoms with Gasteiger partial charge >= 0.3 is 0 Å². The maximum Gasteiger partial charge on any atom is 0.300 e. The predicted octanol–water partition coefficient (Wildman–Crippen LogP) is 2.22. The van der Waals surface area contributed by atoms with E-state index in [4.69, 9.17) is 9.90 Å². The van der Waals surface area contributed by atoms with Gasteiger partial charge in [-0.05, 0) is 27.4 Å². The van der Waals surface area contributed by atoms with Gasteiger partial charge in [-0.15, -0.1) is 0 Å². The van der Waals surface area contributed by atoms with Crippen LogP contribution in [0, 0.1) is 0 Å². The van der Waals surface area contributed by atoms with Crippen molar-refractivity contribution in [1.82, 2.24) is 4.90 Å². The van der Waals surface area contributed by atoms with Crippen LogP contribution in [0.15, 0.2) is 0 Å². The lowest BCUT2D eigenvalue weighted by atomic mass is 10.1. The Morgan fingerprint density at radius 1 is 1.46 bits per heavy atom. The second-order valence-corrected chi connectivity index (χ2v) is 3.47. The van der Waals surface area contributed by atoms with Crippen LogP contribution in [0.4, 0.5) is 0 Å². The van der Waals surface area contributed by atoms with Crippen molar-refractivity contribution >= 4 is 5.97 Å². The summed E-state index contributed by atoms with van der Waals surface area (Å²) in [5.41, 5.74) is 0. The molecule has 3 heteroatoms. The van der Waals surface area contributed by atoms with Crippen LogP contribution in [-0.4, -0.2) is 36.1 Å². The van der Waals surface area contributed by atoms with Crippen molar-refractivity contribution in [3.63, 3.8) is 0 Å². The van der Waals surface area contributed by atoms with Crippen molar-refractivity contribution < 1.29 is 9.90 Å². The number of hydrogen-bond acceptors (Lipinski definition) is 2. The van der Waals surface area contributed by atoms with Crippen molar-refractivity contribution in [2.75, 3.05) is 14.1 Å². The molecule has 0 aliphatic rings. The first-order valence-electron chi connectivity index (χ1n) is 4.77. The summed E-state index contributed by atoms with van der Waals surface area (Å²) in [7, 11) is 4.28. The SMILES string of the molecule is CC(=O)O.CCCCC(C)N(C)C. The van der Waals surface area contributed by atoms with Crippen LogP contribution in [0.2, 0.25) is 0 Å². The van der Waals surface area contributed by atoms with E-state index >= 15 is 0 Å². The van der Waals surface area contributed by atoms with Crippen molar-refractivity contribution in [2.45, 2.75) is 46.1 Å². The number of hydrogen-bond donors (Lipinski definition) is 1. The van der Waals surface area contributed by atoms with E-state index < -0.39 is 5.97 Å². The fraction of sp³-hybridized carbons (Fsp3) is 0.900. The first-order chi connectivity index (χ1) is 5.91. The number of carboxylic acid groups (broad SMARTS) is 1. The third-order valence-corrected chi connectivity index (χ3v) is 1.86. The van der Waals surface area contributed by atoms with Gasteiger partial charge in [-0.25, -0.2) is 0 Å². The Morgan fingerprint density at radius 2 is 1.85 bits per heavy atom. The standard InChI is InChI=1S/C8H19N.C2H4O2/c1-5-6-7-8(2)9(3)4;1-2(3)4/h8H,5-7H2,1-4H3;1H3,(H,3,4). The van der Waals surface area contributed by atoms with E-state index in [0.717, 1.165) is 13.0 Å². The molecule has 0 aliphatic carbocycles. The minimum atomic E-state index is -0.833. The molecule has 0 amide bonds. The summed E-state index contributed by atoms with van der Waals surface area (Å²) >= 11 is 0. The van der Waals surface area contributed by atoms with E-state index in [1.165, 1.54) is 19.3 Å². The summed E-state index contributed by atoms with van der Waals surface area (Å²) in [6, 6.07) is 0.755. The summed E-state index contributed by atoms with van der Waals surface area (Å²) in [6.07, 6.45) is 4.01. The molecule has 1 unspecified atom stereocenters. The average molecular weight is 189 g/mol. The second kappa shape index (κ2) is 9.52. The van der Waals surface area contributed by atoms with Crippen LogP contribution in [0.5, 0.6) is 0 Å². The van der Waals surface area contributed by atoms with Crippen LogP contribution >= 0.6 is 0 Å². The van der Waals surface area contributed by atoms with Gasteiger partial charge in [0.15, 0.2) is 0 Å². The van der Waals surface area contributed by atoms with Gasteiger partial charge in [0.1, 0.15) is 0 Å². The highest BCUT2D eigenvalue weighted by molar-refractivity contribution is 5.62. The van der Waals surface area contributed by atoms with E-state index in [2.05, 4.69) is 32.8 Å². The molecule has 0 radical (unpaired) electrons. The van der Waals surface area contributed by atoms with Crippen LogP contribution in [-0.2, 0) is 4.79 Å². The first kappa shape index (κ1) is 14.9. The lowest BCUT2D eigenvalue weighted by Crippen LogP contribution is -2.24. The number of carboxylic acids is 1. The minimum absolute atomic E-state index is 0.755. The maximum absolute atomic E-state index is 9.00. The molecule has 0 heterocycles. The van der Waals surface area contributed by atoms with Crippen LogP contribution < -0.4 is 0 Å². The maximum atomic E-state index is 9.00. The van der Waals surface area contributed by atoms with Crippen molar-refractivity contribution in [3.8, 4) is 0 Å². The highest BCUT2D eigenvalue weighted by Gasteiger charge is 2.01. The number of aliphatic carboxylic acids is 1. The Balaban J connectivity index is 0. The Hall–Kier alpha value is -0.570. The molecular formula is C10H23NO2. The van der Waals surface area contributed by atoms with Gasteiger partial charge in [-0.3, -0.25) is 4.79 Å². The van der Waals surface area contributed by atoms with E-state index in [9.17, 15) is 0 Å². The molecular weight excluding hydrogens is 166 g/mol. The molecule has 0 fully saturated rings. The molecule has 0 saturated heterocycles. The summed E-state index contributed by atoms with van der Waals surface area (Å²) in [6.45, 7) is 5.60. The third kappa shape index (κ3) is 18.4. The van der Waals surface area contributed by atoms with Crippen LogP contribution in [0.3, 0.4) is 0 Å². The fourth-order valence-corrected chi connectivity index (χ4v) is 0.758. The van der Waals surface area contributed by atoms with Gasteiger partial charge in [0, 0.05) is 13.0 Å². The number of nitrogens with zero attached hydrogens (tertiary/aromatic N) is 1. The summed E-state index contributed by atoms with van der Waals surface area (Å²) < 4.78 is 0. The molecule has 0 aromatic carbocycles. The van der Waals surface area contributed by atoms with Gasteiger partial charge in [-0.2, -0.15) is 0 Å². The normalized spacial score (nSPS) is 11.8. The van der Waals surface area contributed by atoms with Gasteiger partial charge in [0.05, 0.1) is 0 Å². The third-order valence-electron chi connectivity index (χ3n) is 1.86. The predicted molar refractivity (Wildman–Crippen MR) is 56.0 cm³/mol. The monoisotopic (exact) mass is 189 g/mol. The molecule has 13 heavy (non-hydrogen) atoms. The lowest BCUT2D eigenvalue weighted by molar-refractivity contribution is -0.134. The van der Waals surface area contributed by atoms with E-state index in [1.54, 1.807) is 0 Å². The molecule has 1 N–H and O–H groups in total. The molecule has 0 bridgehead atoms. The van der Waals surface area contributed by atoms with E-state index in [1.807, 2.05) is 0 Å². The number of rotatable bonds is 4. The highest BCUT2D eigenvalue weighted by Crippen LogP contribution is 2.03. The van der Waals surface area contributed by atoms with Gasteiger partial charge in [0.25, 0.3) is 5.97 Å². The largest absolute Gasteiger partial charge is 0.481 e. The molecule has 0 aromatic heterocycles. The molecule has 0 saturated carbocycles. The Labute approximate surface area is 81.7 Å². The zero-order chi connectivity index (χ0) is 10.9. The minimum Gasteiger partial charge on any atom is -0.481 e. The van der Waals surface area contributed by atoms with Crippen molar-refractivity contribution in [3.05, 3.63) is 0 Å². The zero-order valence-corrected chi connectivity index (χ0v) is 9.50. The molecule has 0 aromatic rings. The molecule has 0 spiro atoms. The summed E-state index contributed by atoms with van der Waals surface area (Å²) in [4.78, 5) is 11.3. The molecule has 0 rings (SSSR count). The van der Waals surface area contributed by atoms with Gasteiger partial charge in [0.2, 0.25) is 0 Å². The number of unbranched alkanes of at least 4 members (excludes halogenated alkanes) is 1. The van der Waals surface area contributed by atoms with Crippen molar-refractivity contribution in [2.24, 2.45) is 0 Å². The fourth-order valence-electron chi connectivity index (χ4n) is 0.758. The quantitative estimate of drug-likeness (QED) is 0.737. The smallest absolute Gasteiger partial charge is 0.300 e. The van der Waals surface area contributed by atoms with Crippen LogP contribution in [0.1, 0.15) is 40.0 Å². The Kier molecular flexibility index (Phi) is 10.9. The molecule has 1 atom stereocenters. The average Bonchev–Trinajstić information content (AvgIpc) is 1.98. The second-order valence-electron chi connectivity index (χ2n) is 3.47. The van der Waals surface area contributed by atoms with Crippen LogP contribution in [0.25, 0.3) is 0 Å². The topological polar surface area (TPSA) is 40.5 Å². The van der Waals surface area contributed by atoms with E-state index in [-0.39, 0.29) is 0 Å². The van der Waals surface area contributed by atoms with E-state index in [0.29, 0.717) is 0 Å². The zero-order valence-electron chi connectivity index (χ0n) is 9.50. The molecule has 3 nitrogen and oxygen atoms in total. The van der Waals surface area contributed by atoms with Gasteiger partial charge in [-0.1, -0.05) is 19.8 Å². The Bertz CT molecular complexity index is 120. The summed E-state index contributed by atoms with van der Waals surface area (Å²) in [5.74, 6) is -0.833. The lowest BCUT2D eigenvalue weighted by Gasteiger charge is -2.18.